The maximum Gasteiger partial charge on any atom is 0.259 e. The maximum absolute atomic E-state index is 12.6. The van der Waals surface area contributed by atoms with Gasteiger partial charge in [-0.05, 0) is 37.7 Å². The smallest absolute Gasteiger partial charge is 0.259 e. The first-order chi connectivity index (χ1) is 12.1. The molecule has 1 aliphatic carbocycles. The zero-order valence-corrected chi connectivity index (χ0v) is 15.2. The Hall–Kier alpha value is -2.28. The number of hydrogen-bond acceptors (Lipinski definition) is 6. The molecule has 0 fully saturated rings. The molecule has 0 bridgehead atoms. The molecule has 1 N–H and O–H groups in total. The van der Waals surface area contributed by atoms with Crippen molar-refractivity contribution >= 4 is 33.5 Å². The molecule has 1 amide bonds. The number of hydrogen-bond donors (Lipinski definition) is 1. The van der Waals surface area contributed by atoms with Crippen LogP contribution < -0.4 is 5.32 Å². The van der Waals surface area contributed by atoms with Crippen LogP contribution in [0.5, 0.6) is 0 Å². The summed E-state index contributed by atoms with van der Waals surface area (Å²) in [6.45, 7) is 4.07. The summed E-state index contributed by atoms with van der Waals surface area (Å²) in [5.74, 6) is 0.00481. The summed E-state index contributed by atoms with van der Waals surface area (Å²) in [4.78, 5) is 22.7. The number of nitrogens with zero attached hydrogens (tertiary/aromatic N) is 3. The second kappa shape index (κ2) is 6.55. The number of carbonyl (C=O) groups is 1. The number of nitrogens with one attached hydrogen (secondary N) is 1. The van der Waals surface area contributed by atoms with Gasteiger partial charge in [-0.25, -0.2) is 9.97 Å². The monoisotopic (exact) mass is 356 g/mol. The summed E-state index contributed by atoms with van der Waals surface area (Å²) >= 11 is 1.59. The van der Waals surface area contributed by atoms with Crippen molar-refractivity contribution in [3.05, 3.63) is 34.1 Å². The highest BCUT2D eigenvalue weighted by Gasteiger charge is 2.18. The van der Waals surface area contributed by atoms with Gasteiger partial charge in [0.05, 0.1) is 22.3 Å². The summed E-state index contributed by atoms with van der Waals surface area (Å²) in [6.07, 6.45) is 7.23. The lowest BCUT2D eigenvalue weighted by atomic mass is 10.1. The predicted octanol–water partition coefficient (Wildman–Crippen LogP) is 4.32. The van der Waals surface area contributed by atoms with Crippen LogP contribution in [0.15, 0.2) is 16.8 Å². The first-order valence-corrected chi connectivity index (χ1v) is 9.48. The number of carbonyl (C=O) groups excluding carboxylic acids is 1. The van der Waals surface area contributed by atoms with Gasteiger partial charge < -0.3 is 4.52 Å². The molecule has 3 heterocycles. The highest BCUT2D eigenvalue weighted by atomic mass is 32.1. The Kier molecular flexibility index (Phi) is 4.25. The van der Waals surface area contributed by atoms with Crippen LogP contribution in [-0.4, -0.2) is 21.0 Å². The van der Waals surface area contributed by atoms with Gasteiger partial charge in [0, 0.05) is 11.1 Å². The number of anilines is 1. The lowest BCUT2D eigenvalue weighted by Crippen LogP contribution is -2.12. The molecule has 4 rings (SSSR count). The number of fused-ring (bicyclic) bond motifs is 2. The summed E-state index contributed by atoms with van der Waals surface area (Å²) in [7, 11) is 0. The van der Waals surface area contributed by atoms with Crippen LogP contribution >= 0.6 is 11.3 Å². The van der Waals surface area contributed by atoms with E-state index in [4.69, 9.17) is 4.52 Å². The van der Waals surface area contributed by atoms with E-state index in [1.165, 1.54) is 30.3 Å². The molecule has 3 aromatic heterocycles. The Bertz CT molecular complexity index is 905. The standard InChI is InChI=1S/C18H20N4O2S/c1-10(2)15-12-8-11(9-19-17(12)24-22-15)16(23)21-18-20-13-6-4-3-5-7-14(13)25-18/h8-10H,3-7H2,1-2H3,(H,20,21,23). The molecule has 0 unspecified atom stereocenters. The fraction of sp³-hybridized carbons (Fsp3) is 0.444. The molecule has 0 saturated carbocycles. The molecule has 0 radical (unpaired) electrons. The van der Waals surface area contributed by atoms with Crippen LogP contribution in [0.25, 0.3) is 11.1 Å². The SMILES string of the molecule is CC(C)c1noc2ncc(C(=O)Nc3nc4c(s3)CCCCC4)cc12. The first kappa shape index (κ1) is 16.2. The van der Waals surface area contributed by atoms with Crippen LogP contribution in [-0.2, 0) is 12.8 Å². The van der Waals surface area contributed by atoms with Crippen molar-refractivity contribution in [2.24, 2.45) is 0 Å². The van der Waals surface area contributed by atoms with E-state index in [9.17, 15) is 4.79 Å². The van der Waals surface area contributed by atoms with Gasteiger partial charge in [-0.3, -0.25) is 10.1 Å². The zero-order valence-electron chi connectivity index (χ0n) is 14.3. The van der Waals surface area contributed by atoms with E-state index in [-0.39, 0.29) is 11.8 Å². The average molecular weight is 356 g/mol. The van der Waals surface area contributed by atoms with Crippen molar-refractivity contribution in [2.45, 2.75) is 51.9 Å². The quantitative estimate of drug-likeness (QED) is 0.707. The highest BCUT2D eigenvalue weighted by Crippen LogP contribution is 2.29. The largest absolute Gasteiger partial charge is 0.336 e. The molecule has 6 nitrogen and oxygen atoms in total. The van der Waals surface area contributed by atoms with E-state index in [2.05, 4.69) is 20.4 Å². The molecule has 130 valence electrons. The third-order valence-electron chi connectivity index (χ3n) is 4.48. The van der Waals surface area contributed by atoms with E-state index in [0.717, 1.165) is 29.6 Å². The van der Waals surface area contributed by atoms with Crippen LogP contribution in [0.2, 0.25) is 0 Å². The Balaban J connectivity index is 1.58. The zero-order chi connectivity index (χ0) is 17.4. The van der Waals surface area contributed by atoms with Crippen molar-refractivity contribution in [1.82, 2.24) is 15.1 Å². The molecule has 7 heteroatoms. The normalized spacial score (nSPS) is 14.5. The molecule has 0 aromatic carbocycles. The van der Waals surface area contributed by atoms with Crippen LogP contribution in [0.3, 0.4) is 0 Å². The Labute approximate surface area is 149 Å². The number of pyridine rings is 1. The van der Waals surface area contributed by atoms with Crippen molar-refractivity contribution in [2.75, 3.05) is 5.32 Å². The topological polar surface area (TPSA) is 80.9 Å². The van der Waals surface area contributed by atoms with Gasteiger partial charge >= 0.3 is 0 Å². The lowest BCUT2D eigenvalue weighted by Gasteiger charge is -2.03. The van der Waals surface area contributed by atoms with Crippen LogP contribution in [0, 0.1) is 0 Å². The lowest BCUT2D eigenvalue weighted by molar-refractivity contribution is 0.102. The molecule has 3 aromatic rings. The molecular formula is C18H20N4O2S. The van der Waals surface area contributed by atoms with E-state index >= 15 is 0 Å². The molecule has 0 atom stereocenters. The minimum absolute atomic E-state index is 0.200. The minimum Gasteiger partial charge on any atom is -0.336 e. The molecule has 0 saturated heterocycles. The Morgan fingerprint density at radius 3 is 2.96 bits per heavy atom. The second-order valence-corrected chi connectivity index (χ2v) is 7.79. The fourth-order valence-corrected chi connectivity index (χ4v) is 4.19. The van der Waals surface area contributed by atoms with Gasteiger partial charge in [-0.15, -0.1) is 11.3 Å². The third-order valence-corrected chi connectivity index (χ3v) is 5.56. The number of amides is 1. The third kappa shape index (κ3) is 3.16. The summed E-state index contributed by atoms with van der Waals surface area (Å²) in [5.41, 5.74) is 2.91. The number of aryl methyl sites for hydroxylation is 2. The van der Waals surface area contributed by atoms with E-state index in [1.54, 1.807) is 17.4 Å². The molecule has 0 spiro atoms. The molecule has 25 heavy (non-hydrogen) atoms. The van der Waals surface area contributed by atoms with Gasteiger partial charge in [0.25, 0.3) is 11.6 Å². The average Bonchev–Trinajstić information content (AvgIpc) is 3.12. The first-order valence-electron chi connectivity index (χ1n) is 8.67. The van der Waals surface area contributed by atoms with E-state index < -0.39 is 0 Å². The minimum atomic E-state index is -0.200. The van der Waals surface area contributed by atoms with Gasteiger partial charge in [-0.2, -0.15) is 0 Å². The highest BCUT2D eigenvalue weighted by molar-refractivity contribution is 7.15. The Morgan fingerprint density at radius 1 is 1.28 bits per heavy atom. The number of rotatable bonds is 3. The summed E-state index contributed by atoms with van der Waals surface area (Å²) in [5, 5.41) is 8.43. The van der Waals surface area contributed by atoms with Crippen molar-refractivity contribution in [3.8, 4) is 0 Å². The van der Waals surface area contributed by atoms with Gasteiger partial charge in [0.2, 0.25) is 0 Å². The van der Waals surface area contributed by atoms with Gasteiger partial charge in [0.15, 0.2) is 5.13 Å². The fourth-order valence-electron chi connectivity index (χ4n) is 3.14. The summed E-state index contributed by atoms with van der Waals surface area (Å²) < 4.78 is 5.23. The Morgan fingerprint density at radius 2 is 2.12 bits per heavy atom. The number of thiazole rings is 1. The van der Waals surface area contributed by atoms with Crippen molar-refractivity contribution in [1.29, 1.82) is 0 Å². The van der Waals surface area contributed by atoms with E-state index in [0.29, 0.717) is 16.4 Å². The van der Waals surface area contributed by atoms with Gasteiger partial charge in [0.1, 0.15) is 0 Å². The van der Waals surface area contributed by atoms with Gasteiger partial charge in [-0.1, -0.05) is 25.4 Å². The molecular weight excluding hydrogens is 336 g/mol. The predicted molar refractivity (Wildman–Crippen MR) is 97.2 cm³/mol. The van der Waals surface area contributed by atoms with E-state index in [1.807, 2.05) is 13.8 Å². The van der Waals surface area contributed by atoms with Crippen molar-refractivity contribution < 1.29 is 9.32 Å². The maximum atomic E-state index is 12.6. The van der Waals surface area contributed by atoms with Crippen LogP contribution in [0.4, 0.5) is 5.13 Å². The molecule has 0 aliphatic heterocycles. The second-order valence-electron chi connectivity index (χ2n) is 6.70. The van der Waals surface area contributed by atoms with Crippen molar-refractivity contribution in [3.63, 3.8) is 0 Å². The summed E-state index contributed by atoms with van der Waals surface area (Å²) in [6, 6.07) is 1.79. The van der Waals surface area contributed by atoms with Crippen LogP contribution in [0.1, 0.15) is 65.7 Å². The number of aromatic nitrogens is 3. The molecule has 1 aliphatic rings.